The summed E-state index contributed by atoms with van der Waals surface area (Å²) in [5.41, 5.74) is 2.61. The number of methoxy groups -OCH3 is 2. The third-order valence-corrected chi connectivity index (χ3v) is 4.95. The minimum atomic E-state index is -0.988. The summed E-state index contributed by atoms with van der Waals surface area (Å²) in [7, 11) is 3.14. The zero-order valence-electron chi connectivity index (χ0n) is 17.2. The molecule has 0 spiro atoms. The lowest BCUT2D eigenvalue weighted by atomic mass is 9.95. The maximum atomic E-state index is 13.2. The second-order valence-corrected chi connectivity index (χ2v) is 7.05. The molecular weight excluding hydrogens is 378 g/mol. The third kappa shape index (κ3) is 5.26. The van der Waals surface area contributed by atoms with E-state index in [1.165, 1.54) is 7.11 Å². The SMILES string of the molecule is COC[C@H](Cc1ccccc1)NC(=O)c1cccc(OC)c1[C@H](O)c1ccccc1. The molecule has 0 fully saturated rings. The summed E-state index contributed by atoms with van der Waals surface area (Å²) in [5.74, 6) is 0.183. The number of carbonyl (C=O) groups excluding carboxylic acids is 1. The highest BCUT2D eigenvalue weighted by molar-refractivity contribution is 5.97. The molecule has 0 heterocycles. The van der Waals surface area contributed by atoms with Crippen LogP contribution < -0.4 is 10.1 Å². The molecule has 0 aliphatic rings. The molecule has 0 aliphatic carbocycles. The molecule has 0 saturated carbocycles. The van der Waals surface area contributed by atoms with Crippen LogP contribution in [0.2, 0.25) is 0 Å². The maximum Gasteiger partial charge on any atom is 0.252 e. The predicted molar refractivity (Wildman–Crippen MR) is 117 cm³/mol. The number of aliphatic hydroxyl groups excluding tert-OH is 1. The van der Waals surface area contributed by atoms with Crippen molar-refractivity contribution in [1.29, 1.82) is 0 Å². The van der Waals surface area contributed by atoms with Gasteiger partial charge in [-0.2, -0.15) is 0 Å². The van der Waals surface area contributed by atoms with E-state index in [1.54, 1.807) is 25.3 Å². The standard InChI is InChI=1S/C25H27NO4/c1-29-17-20(16-18-10-5-3-6-11-18)26-25(28)21-14-9-15-22(30-2)23(21)24(27)19-12-7-4-8-13-19/h3-15,20,24,27H,16-17H2,1-2H3,(H,26,28)/t20-,24+/m0/s1. The Balaban J connectivity index is 1.89. The van der Waals surface area contributed by atoms with E-state index in [2.05, 4.69) is 5.32 Å². The van der Waals surface area contributed by atoms with E-state index in [0.29, 0.717) is 35.5 Å². The molecule has 2 N–H and O–H groups in total. The Hall–Kier alpha value is -3.15. The smallest absolute Gasteiger partial charge is 0.252 e. The Kier molecular flexibility index (Phi) is 7.60. The van der Waals surface area contributed by atoms with E-state index in [1.807, 2.05) is 60.7 Å². The van der Waals surface area contributed by atoms with Crippen molar-refractivity contribution in [2.75, 3.05) is 20.8 Å². The lowest BCUT2D eigenvalue weighted by molar-refractivity contribution is 0.0891. The largest absolute Gasteiger partial charge is 0.496 e. The van der Waals surface area contributed by atoms with E-state index in [4.69, 9.17) is 9.47 Å². The summed E-state index contributed by atoms with van der Waals surface area (Å²) in [4.78, 5) is 13.2. The van der Waals surface area contributed by atoms with Gasteiger partial charge in [0.25, 0.3) is 5.91 Å². The van der Waals surface area contributed by atoms with E-state index in [0.717, 1.165) is 5.56 Å². The molecule has 0 bridgehead atoms. The normalized spacial score (nSPS) is 12.8. The van der Waals surface area contributed by atoms with Crippen LogP contribution in [0.5, 0.6) is 5.75 Å². The average Bonchev–Trinajstić information content (AvgIpc) is 2.79. The van der Waals surface area contributed by atoms with Crippen LogP contribution in [0.25, 0.3) is 0 Å². The first-order valence-electron chi connectivity index (χ1n) is 9.87. The predicted octanol–water partition coefficient (Wildman–Crippen LogP) is 3.76. The molecule has 3 aromatic carbocycles. The highest BCUT2D eigenvalue weighted by Gasteiger charge is 2.24. The minimum Gasteiger partial charge on any atom is -0.496 e. The van der Waals surface area contributed by atoms with Gasteiger partial charge in [-0.1, -0.05) is 66.7 Å². The summed E-state index contributed by atoms with van der Waals surface area (Å²) in [6.07, 6.45) is -0.348. The Bertz CT molecular complexity index is 944. The molecule has 30 heavy (non-hydrogen) atoms. The average molecular weight is 405 g/mol. The fourth-order valence-electron chi connectivity index (χ4n) is 3.52. The molecule has 1 amide bonds. The van der Waals surface area contributed by atoms with Crippen molar-refractivity contribution in [3.63, 3.8) is 0 Å². The molecule has 0 saturated heterocycles. The molecule has 2 atom stereocenters. The van der Waals surface area contributed by atoms with E-state index in [9.17, 15) is 9.90 Å². The molecule has 156 valence electrons. The van der Waals surface area contributed by atoms with Crippen molar-refractivity contribution < 1.29 is 19.4 Å². The van der Waals surface area contributed by atoms with Crippen LogP contribution in [-0.2, 0) is 11.2 Å². The van der Waals surface area contributed by atoms with Gasteiger partial charge in [0, 0.05) is 18.2 Å². The first kappa shape index (κ1) is 21.6. The van der Waals surface area contributed by atoms with Gasteiger partial charge in [-0.25, -0.2) is 0 Å². The van der Waals surface area contributed by atoms with Gasteiger partial charge in [0.05, 0.1) is 19.8 Å². The number of rotatable bonds is 9. The Morgan fingerprint density at radius 2 is 1.60 bits per heavy atom. The van der Waals surface area contributed by atoms with Crippen molar-refractivity contribution >= 4 is 5.91 Å². The van der Waals surface area contributed by atoms with Crippen molar-refractivity contribution in [2.45, 2.75) is 18.6 Å². The van der Waals surface area contributed by atoms with Gasteiger partial charge in [-0.15, -0.1) is 0 Å². The quantitative estimate of drug-likeness (QED) is 0.569. The number of hydrogen-bond donors (Lipinski definition) is 2. The molecule has 0 radical (unpaired) electrons. The summed E-state index contributed by atoms with van der Waals surface area (Å²) in [6, 6.07) is 24.1. The van der Waals surface area contributed by atoms with Crippen LogP contribution in [-0.4, -0.2) is 37.9 Å². The van der Waals surface area contributed by atoms with Crippen molar-refractivity contribution in [1.82, 2.24) is 5.32 Å². The first-order chi connectivity index (χ1) is 14.6. The Morgan fingerprint density at radius 1 is 0.933 bits per heavy atom. The number of carbonyl (C=O) groups is 1. The first-order valence-corrected chi connectivity index (χ1v) is 9.87. The highest BCUT2D eigenvalue weighted by atomic mass is 16.5. The van der Waals surface area contributed by atoms with Crippen LogP contribution in [0.15, 0.2) is 78.9 Å². The number of amides is 1. The van der Waals surface area contributed by atoms with Gasteiger partial charge in [-0.05, 0) is 29.7 Å². The summed E-state index contributed by atoms with van der Waals surface area (Å²) in [5, 5.41) is 14.1. The molecule has 0 unspecified atom stereocenters. The Labute approximate surface area is 177 Å². The van der Waals surface area contributed by atoms with Crippen LogP contribution in [0.3, 0.4) is 0 Å². The van der Waals surface area contributed by atoms with Crippen LogP contribution in [0.4, 0.5) is 0 Å². The van der Waals surface area contributed by atoms with Gasteiger partial charge >= 0.3 is 0 Å². The highest BCUT2D eigenvalue weighted by Crippen LogP contribution is 2.33. The lowest BCUT2D eigenvalue weighted by Crippen LogP contribution is -2.40. The van der Waals surface area contributed by atoms with E-state index < -0.39 is 6.10 Å². The van der Waals surface area contributed by atoms with E-state index >= 15 is 0 Å². The molecule has 3 aromatic rings. The van der Waals surface area contributed by atoms with Gasteiger partial charge in [-0.3, -0.25) is 4.79 Å². The van der Waals surface area contributed by atoms with E-state index in [-0.39, 0.29) is 11.9 Å². The topological polar surface area (TPSA) is 67.8 Å². The zero-order valence-corrected chi connectivity index (χ0v) is 17.2. The van der Waals surface area contributed by atoms with Crippen LogP contribution in [0, 0.1) is 0 Å². The number of nitrogens with one attached hydrogen (secondary N) is 1. The number of ether oxygens (including phenoxy) is 2. The fourth-order valence-corrected chi connectivity index (χ4v) is 3.52. The van der Waals surface area contributed by atoms with Crippen LogP contribution >= 0.6 is 0 Å². The summed E-state index contributed by atoms with van der Waals surface area (Å²) in [6.45, 7) is 0.376. The fraction of sp³-hybridized carbons (Fsp3) is 0.240. The van der Waals surface area contributed by atoms with Crippen molar-refractivity contribution in [3.05, 3.63) is 101 Å². The van der Waals surface area contributed by atoms with Crippen LogP contribution in [0.1, 0.15) is 33.2 Å². The summed E-state index contributed by atoms with van der Waals surface area (Å²) >= 11 is 0. The second-order valence-electron chi connectivity index (χ2n) is 7.05. The molecule has 3 rings (SSSR count). The van der Waals surface area contributed by atoms with Gasteiger partial charge in [0.15, 0.2) is 0 Å². The summed E-state index contributed by atoms with van der Waals surface area (Å²) < 4.78 is 10.8. The van der Waals surface area contributed by atoms with Crippen molar-refractivity contribution in [2.24, 2.45) is 0 Å². The van der Waals surface area contributed by atoms with Gasteiger partial charge in [0.2, 0.25) is 0 Å². The lowest BCUT2D eigenvalue weighted by Gasteiger charge is -2.22. The molecule has 5 nitrogen and oxygen atoms in total. The second kappa shape index (κ2) is 10.6. The number of hydrogen-bond acceptors (Lipinski definition) is 4. The maximum absolute atomic E-state index is 13.2. The third-order valence-electron chi connectivity index (χ3n) is 4.95. The Morgan fingerprint density at radius 3 is 2.23 bits per heavy atom. The number of benzene rings is 3. The molecule has 5 heteroatoms. The van der Waals surface area contributed by atoms with Gasteiger partial charge in [0.1, 0.15) is 11.9 Å². The molecule has 0 aliphatic heterocycles. The van der Waals surface area contributed by atoms with Crippen molar-refractivity contribution in [3.8, 4) is 5.75 Å². The number of aliphatic hydroxyl groups is 1. The minimum absolute atomic E-state index is 0.210. The zero-order chi connectivity index (χ0) is 21.3. The van der Waals surface area contributed by atoms with Gasteiger partial charge < -0.3 is 19.9 Å². The monoisotopic (exact) mass is 405 g/mol. The molecule has 0 aromatic heterocycles. The molecular formula is C25H27NO4.